The molecule has 0 fully saturated rings. The van der Waals surface area contributed by atoms with Gasteiger partial charge in [-0.25, -0.2) is 8.78 Å². The normalized spacial score (nSPS) is 12.9. The third-order valence-corrected chi connectivity index (χ3v) is 2.97. The van der Waals surface area contributed by atoms with Gasteiger partial charge in [0.1, 0.15) is 24.8 Å². The number of benzene rings is 2. The molecule has 1 heterocycles. The number of carbonyl (C=O) groups excluding carboxylic acids is 1. The number of anilines is 1. The summed E-state index contributed by atoms with van der Waals surface area (Å²) in [5, 5.41) is 2.50. The van der Waals surface area contributed by atoms with Crippen LogP contribution in [0.1, 0.15) is 10.4 Å². The zero-order valence-electron chi connectivity index (χ0n) is 10.9. The van der Waals surface area contributed by atoms with Gasteiger partial charge in [-0.2, -0.15) is 0 Å². The van der Waals surface area contributed by atoms with Crippen LogP contribution >= 0.6 is 0 Å². The second kappa shape index (κ2) is 5.40. The summed E-state index contributed by atoms with van der Waals surface area (Å²) in [5.41, 5.74) is 0.0535. The number of ether oxygens (including phenoxy) is 2. The van der Waals surface area contributed by atoms with Gasteiger partial charge in [0.15, 0.2) is 11.5 Å². The Bertz CT molecular complexity index is 703. The Morgan fingerprint density at radius 3 is 2.57 bits per heavy atom. The quantitative estimate of drug-likeness (QED) is 0.925. The van der Waals surface area contributed by atoms with Crippen LogP contribution in [-0.4, -0.2) is 19.1 Å². The van der Waals surface area contributed by atoms with Crippen LogP contribution in [0.5, 0.6) is 11.5 Å². The van der Waals surface area contributed by atoms with Crippen LogP contribution in [-0.2, 0) is 0 Å². The average Bonchev–Trinajstić information content (AvgIpc) is 2.49. The number of amides is 1. The molecular weight excluding hydrogens is 280 g/mol. The lowest BCUT2D eigenvalue weighted by Gasteiger charge is -2.19. The highest BCUT2D eigenvalue weighted by Crippen LogP contribution is 2.32. The van der Waals surface area contributed by atoms with Crippen molar-refractivity contribution in [1.29, 1.82) is 0 Å². The van der Waals surface area contributed by atoms with Gasteiger partial charge in [0.05, 0.1) is 5.56 Å². The molecule has 4 nitrogen and oxygen atoms in total. The molecule has 1 N–H and O–H groups in total. The highest BCUT2D eigenvalue weighted by Gasteiger charge is 2.16. The molecule has 0 atom stereocenters. The molecular formula is C15H11F2NO3. The van der Waals surface area contributed by atoms with E-state index in [-0.39, 0.29) is 5.56 Å². The Morgan fingerprint density at radius 2 is 1.76 bits per heavy atom. The Labute approximate surface area is 119 Å². The van der Waals surface area contributed by atoms with E-state index >= 15 is 0 Å². The number of rotatable bonds is 2. The Hall–Kier alpha value is -2.63. The minimum atomic E-state index is -0.786. The molecule has 1 aliphatic rings. The Kier molecular flexibility index (Phi) is 3.43. The number of nitrogens with one attached hydrogen (secondary N) is 1. The molecule has 0 saturated carbocycles. The molecule has 0 spiro atoms. The van der Waals surface area contributed by atoms with Gasteiger partial charge in [0.2, 0.25) is 0 Å². The van der Waals surface area contributed by atoms with E-state index in [4.69, 9.17) is 9.47 Å². The molecule has 1 amide bonds. The van der Waals surface area contributed by atoms with Gasteiger partial charge in [-0.05, 0) is 30.3 Å². The summed E-state index contributed by atoms with van der Waals surface area (Å²) >= 11 is 0. The molecule has 108 valence electrons. The predicted molar refractivity (Wildman–Crippen MR) is 71.7 cm³/mol. The maximum Gasteiger partial charge on any atom is 0.258 e. The molecule has 0 bridgehead atoms. The van der Waals surface area contributed by atoms with Gasteiger partial charge in [0.25, 0.3) is 5.91 Å². The molecule has 0 aromatic heterocycles. The first-order valence-electron chi connectivity index (χ1n) is 6.29. The third kappa shape index (κ3) is 2.79. The van der Waals surface area contributed by atoms with Crippen molar-refractivity contribution in [2.75, 3.05) is 18.5 Å². The third-order valence-electron chi connectivity index (χ3n) is 2.97. The van der Waals surface area contributed by atoms with Gasteiger partial charge in [0, 0.05) is 11.8 Å². The second-order valence-corrected chi connectivity index (χ2v) is 4.44. The maximum atomic E-state index is 13.5. The summed E-state index contributed by atoms with van der Waals surface area (Å²) in [6.45, 7) is 0.885. The molecule has 2 aromatic carbocycles. The maximum absolute atomic E-state index is 13.5. The number of halogens is 2. The SMILES string of the molecule is O=C(Nc1ccc2c(c1)OCCO2)c1cc(F)ccc1F. The molecule has 2 aromatic rings. The van der Waals surface area contributed by atoms with Crippen LogP contribution in [0.15, 0.2) is 36.4 Å². The van der Waals surface area contributed by atoms with Crippen molar-refractivity contribution in [2.24, 2.45) is 0 Å². The van der Waals surface area contributed by atoms with Gasteiger partial charge < -0.3 is 14.8 Å². The van der Waals surface area contributed by atoms with Gasteiger partial charge in [-0.3, -0.25) is 4.79 Å². The minimum Gasteiger partial charge on any atom is -0.486 e. The van der Waals surface area contributed by atoms with E-state index in [1.165, 1.54) is 0 Å². The first-order valence-corrected chi connectivity index (χ1v) is 6.29. The summed E-state index contributed by atoms with van der Waals surface area (Å²) in [7, 11) is 0. The molecule has 1 aliphatic heterocycles. The van der Waals surface area contributed by atoms with Crippen molar-refractivity contribution >= 4 is 11.6 Å². The molecule has 6 heteroatoms. The van der Waals surface area contributed by atoms with Gasteiger partial charge in [-0.15, -0.1) is 0 Å². The smallest absolute Gasteiger partial charge is 0.258 e. The highest BCUT2D eigenvalue weighted by molar-refractivity contribution is 6.04. The monoisotopic (exact) mass is 291 g/mol. The van der Waals surface area contributed by atoms with Crippen LogP contribution in [0, 0.1) is 11.6 Å². The topological polar surface area (TPSA) is 47.6 Å². The van der Waals surface area contributed by atoms with Crippen molar-refractivity contribution < 1.29 is 23.0 Å². The molecule has 0 aliphatic carbocycles. The van der Waals surface area contributed by atoms with E-state index in [1.807, 2.05) is 0 Å². The fraction of sp³-hybridized carbons (Fsp3) is 0.133. The van der Waals surface area contributed by atoms with E-state index in [2.05, 4.69) is 5.32 Å². The molecule has 0 unspecified atom stereocenters. The van der Waals surface area contributed by atoms with Crippen LogP contribution in [0.4, 0.5) is 14.5 Å². The fourth-order valence-electron chi connectivity index (χ4n) is 1.99. The average molecular weight is 291 g/mol. The van der Waals surface area contributed by atoms with Crippen LogP contribution < -0.4 is 14.8 Å². The number of fused-ring (bicyclic) bond motifs is 1. The van der Waals surface area contributed by atoms with E-state index in [0.717, 1.165) is 18.2 Å². The van der Waals surface area contributed by atoms with Crippen molar-refractivity contribution in [2.45, 2.75) is 0 Å². The van der Waals surface area contributed by atoms with Crippen molar-refractivity contribution in [3.05, 3.63) is 53.6 Å². The minimum absolute atomic E-state index is 0.357. The number of carbonyl (C=O) groups is 1. The van der Waals surface area contributed by atoms with E-state index in [1.54, 1.807) is 18.2 Å². The standard InChI is InChI=1S/C15H11F2NO3/c16-9-1-3-12(17)11(7-9)15(19)18-10-2-4-13-14(8-10)21-6-5-20-13/h1-4,7-8H,5-6H2,(H,18,19). The first-order chi connectivity index (χ1) is 10.1. The molecule has 3 rings (SSSR count). The molecule has 0 saturated heterocycles. The van der Waals surface area contributed by atoms with Crippen LogP contribution in [0.2, 0.25) is 0 Å². The highest BCUT2D eigenvalue weighted by atomic mass is 19.1. The zero-order valence-corrected chi connectivity index (χ0v) is 10.9. The predicted octanol–water partition coefficient (Wildman–Crippen LogP) is 2.99. The lowest BCUT2D eigenvalue weighted by Crippen LogP contribution is -2.17. The van der Waals surface area contributed by atoms with E-state index in [9.17, 15) is 13.6 Å². The van der Waals surface area contributed by atoms with Crippen LogP contribution in [0.25, 0.3) is 0 Å². The van der Waals surface area contributed by atoms with Crippen molar-refractivity contribution in [3.8, 4) is 11.5 Å². The lowest BCUT2D eigenvalue weighted by molar-refractivity contribution is 0.102. The Morgan fingerprint density at radius 1 is 1.00 bits per heavy atom. The molecule has 21 heavy (non-hydrogen) atoms. The fourth-order valence-corrected chi connectivity index (χ4v) is 1.99. The summed E-state index contributed by atoms with van der Waals surface area (Å²) < 4.78 is 37.4. The Balaban J connectivity index is 1.83. The van der Waals surface area contributed by atoms with E-state index in [0.29, 0.717) is 30.4 Å². The van der Waals surface area contributed by atoms with Gasteiger partial charge >= 0.3 is 0 Å². The van der Waals surface area contributed by atoms with Crippen molar-refractivity contribution in [3.63, 3.8) is 0 Å². The summed E-state index contributed by atoms with van der Waals surface area (Å²) in [6.07, 6.45) is 0. The molecule has 0 radical (unpaired) electrons. The summed E-state index contributed by atoms with van der Waals surface area (Å²) in [4.78, 5) is 12.0. The van der Waals surface area contributed by atoms with Gasteiger partial charge in [-0.1, -0.05) is 0 Å². The number of hydrogen-bond acceptors (Lipinski definition) is 3. The summed E-state index contributed by atoms with van der Waals surface area (Å²) in [5.74, 6) is -1.12. The first kappa shape index (κ1) is 13.4. The van der Waals surface area contributed by atoms with Crippen molar-refractivity contribution in [1.82, 2.24) is 0 Å². The number of hydrogen-bond donors (Lipinski definition) is 1. The lowest BCUT2D eigenvalue weighted by atomic mass is 10.2. The van der Waals surface area contributed by atoms with Crippen LogP contribution in [0.3, 0.4) is 0 Å². The summed E-state index contributed by atoms with van der Waals surface area (Å²) in [6, 6.07) is 7.53. The second-order valence-electron chi connectivity index (χ2n) is 4.44. The van der Waals surface area contributed by atoms with E-state index < -0.39 is 17.5 Å². The zero-order chi connectivity index (χ0) is 14.8. The largest absolute Gasteiger partial charge is 0.486 e.